The molecule has 0 amide bonds. The van der Waals surface area contributed by atoms with Crippen molar-refractivity contribution < 1.29 is 9.13 Å². The van der Waals surface area contributed by atoms with Crippen LogP contribution in [0.5, 0.6) is 5.75 Å². The normalized spacial score (nSPS) is 11.0. The van der Waals surface area contributed by atoms with Crippen molar-refractivity contribution in [1.82, 2.24) is 10.6 Å². The summed E-state index contributed by atoms with van der Waals surface area (Å²) in [6.07, 6.45) is 1.92. The largest absolute Gasteiger partial charge is 0.494 e. The van der Waals surface area contributed by atoms with Gasteiger partial charge < -0.3 is 15.4 Å². The highest BCUT2D eigenvalue weighted by molar-refractivity contribution is 14.0. The molecule has 4 nitrogen and oxygen atoms in total. The van der Waals surface area contributed by atoms with Crippen LogP contribution in [-0.4, -0.2) is 32.2 Å². The molecule has 0 fully saturated rings. The summed E-state index contributed by atoms with van der Waals surface area (Å²) in [7, 11) is 1.76. The lowest BCUT2D eigenvalue weighted by Gasteiger charge is -2.14. The number of nitrogens with one attached hydrogen (secondary N) is 2. The first-order valence-electron chi connectivity index (χ1n) is 6.97. The van der Waals surface area contributed by atoms with Gasteiger partial charge in [0, 0.05) is 19.6 Å². The summed E-state index contributed by atoms with van der Waals surface area (Å²) < 4.78 is 18.2. The highest BCUT2D eigenvalue weighted by Gasteiger charge is 1.99. The molecule has 0 aliphatic rings. The molecule has 1 aromatic rings. The van der Waals surface area contributed by atoms with Gasteiger partial charge in [-0.1, -0.05) is 0 Å². The molecule has 0 heterocycles. The molecule has 0 saturated carbocycles. The van der Waals surface area contributed by atoms with Gasteiger partial charge in [-0.2, -0.15) is 0 Å². The van der Waals surface area contributed by atoms with Crippen molar-refractivity contribution >= 4 is 29.9 Å². The van der Waals surface area contributed by atoms with E-state index in [2.05, 4.69) is 29.5 Å². The fourth-order valence-corrected chi connectivity index (χ4v) is 1.62. The molecule has 0 unspecified atom stereocenters. The van der Waals surface area contributed by atoms with Crippen LogP contribution >= 0.6 is 24.0 Å². The second-order valence-electron chi connectivity index (χ2n) is 4.81. The Hall–Kier alpha value is -1.05. The summed E-state index contributed by atoms with van der Waals surface area (Å²) in [5.74, 6) is 1.28. The fourth-order valence-electron chi connectivity index (χ4n) is 1.62. The third kappa shape index (κ3) is 9.49. The number of guanidine groups is 1. The van der Waals surface area contributed by atoms with E-state index in [1.54, 1.807) is 19.2 Å². The summed E-state index contributed by atoms with van der Waals surface area (Å²) in [4.78, 5) is 4.13. The molecule has 1 aromatic carbocycles. The molecule has 0 spiro atoms. The maximum absolute atomic E-state index is 12.7. The van der Waals surface area contributed by atoms with E-state index in [0.29, 0.717) is 18.4 Å². The SMILES string of the molecule is CN=C(NCCCCOc1ccc(F)cc1)NC(C)C.I. The predicted octanol–water partition coefficient (Wildman–Crippen LogP) is 3.18. The van der Waals surface area contributed by atoms with Gasteiger partial charge in [-0.15, -0.1) is 24.0 Å². The quantitative estimate of drug-likeness (QED) is 0.315. The van der Waals surface area contributed by atoms with Crippen LogP contribution in [0.25, 0.3) is 0 Å². The molecule has 0 aliphatic carbocycles. The lowest BCUT2D eigenvalue weighted by atomic mass is 10.3. The van der Waals surface area contributed by atoms with Crippen LogP contribution < -0.4 is 15.4 Å². The van der Waals surface area contributed by atoms with Crippen molar-refractivity contribution in [2.75, 3.05) is 20.2 Å². The average molecular weight is 409 g/mol. The first-order chi connectivity index (χ1) is 9.61. The number of unbranched alkanes of at least 4 members (excludes halogenated alkanes) is 1. The second kappa shape index (κ2) is 11.6. The zero-order valence-corrected chi connectivity index (χ0v) is 15.2. The van der Waals surface area contributed by atoms with Gasteiger partial charge in [0.1, 0.15) is 11.6 Å². The van der Waals surface area contributed by atoms with Gasteiger partial charge in [-0.3, -0.25) is 4.99 Å². The topological polar surface area (TPSA) is 45.7 Å². The maximum atomic E-state index is 12.7. The number of aliphatic imine (C=N–C) groups is 1. The molecular formula is C15H25FIN3O. The molecule has 21 heavy (non-hydrogen) atoms. The second-order valence-corrected chi connectivity index (χ2v) is 4.81. The summed E-state index contributed by atoms with van der Waals surface area (Å²) in [6, 6.07) is 6.45. The number of hydrogen-bond acceptors (Lipinski definition) is 2. The highest BCUT2D eigenvalue weighted by Crippen LogP contribution is 2.11. The van der Waals surface area contributed by atoms with Gasteiger partial charge in [-0.25, -0.2) is 4.39 Å². The first kappa shape index (κ1) is 19.9. The zero-order chi connectivity index (χ0) is 14.8. The minimum Gasteiger partial charge on any atom is -0.494 e. The van der Waals surface area contributed by atoms with Crippen molar-refractivity contribution in [2.45, 2.75) is 32.7 Å². The van der Waals surface area contributed by atoms with E-state index < -0.39 is 0 Å². The van der Waals surface area contributed by atoms with E-state index >= 15 is 0 Å². The predicted molar refractivity (Wildman–Crippen MR) is 96.2 cm³/mol. The minimum atomic E-state index is -0.245. The van der Waals surface area contributed by atoms with Crippen LogP contribution in [0.1, 0.15) is 26.7 Å². The van der Waals surface area contributed by atoms with E-state index in [-0.39, 0.29) is 29.8 Å². The van der Waals surface area contributed by atoms with Crippen molar-refractivity contribution in [3.8, 4) is 5.75 Å². The molecule has 0 aliphatic heterocycles. The summed E-state index contributed by atoms with van der Waals surface area (Å²) in [5.41, 5.74) is 0. The van der Waals surface area contributed by atoms with Gasteiger partial charge in [0.2, 0.25) is 0 Å². The molecule has 0 bridgehead atoms. The maximum Gasteiger partial charge on any atom is 0.191 e. The Bertz CT molecular complexity index is 410. The van der Waals surface area contributed by atoms with Gasteiger partial charge >= 0.3 is 0 Å². The van der Waals surface area contributed by atoms with Gasteiger partial charge in [0.05, 0.1) is 6.61 Å². The van der Waals surface area contributed by atoms with E-state index in [9.17, 15) is 4.39 Å². The third-order valence-corrected chi connectivity index (χ3v) is 2.59. The summed E-state index contributed by atoms with van der Waals surface area (Å²) in [5, 5.41) is 6.46. The van der Waals surface area contributed by atoms with Gasteiger partial charge in [0.25, 0.3) is 0 Å². The Balaban J connectivity index is 0.00000400. The Morgan fingerprint density at radius 3 is 2.48 bits per heavy atom. The standard InChI is InChI=1S/C15H24FN3O.HI/c1-12(2)19-15(17-3)18-10-4-5-11-20-14-8-6-13(16)7-9-14;/h6-9,12H,4-5,10-11H2,1-3H3,(H2,17,18,19);1H. The number of halogens is 2. The van der Waals surface area contributed by atoms with Crippen molar-refractivity contribution in [3.05, 3.63) is 30.1 Å². The van der Waals surface area contributed by atoms with E-state index in [4.69, 9.17) is 4.74 Å². The van der Waals surface area contributed by atoms with Crippen molar-refractivity contribution in [3.63, 3.8) is 0 Å². The molecule has 0 atom stereocenters. The Morgan fingerprint density at radius 1 is 1.24 bits per heavy atom. The third-order valence-electron chi connectivity index (χ3n) is 2.59. The number of hydrogen-bond donors (Lipinski definition) is 2. The van der Waals surface area contributed by atoms with E-state index in [1.807, 2.05) is 0 Å². The number of ether oxygens (including phenoxy) is 1. The molecule has 0 radical (unpaired) electrons. The summed E-state index contributed by atoms with van der Waals surface area (Å²) >= 11 is 0. The van der Waals surface area contributed by atoms with Gasteiger partial charge in [0.15, 0.2) is 5.96 Å². The first-order valence-corrected chi connectivity index (χ1v) is 6.97. The zero-order valence-electron chi connectivity index (χ0n) is 12.9. The van der Waals surface area contributed by atoms with Crippen LogP contribution in [0.3, 0.4) is 0 Å². The Morgan fingerprint density at radius 2 is 1.90 bits per heavy atom. The highest BCUT2D eigenvalue weighted by atomic mass is 127. The number of rotatable bonds is 7. The van der Waals surface area contributed by atoms with Crippen LogP contribution in [0, 0.1) is 5.82 Å². The molecule has 6 heteroatoms. The van der Waals surface area contributed by atoms with Crippen LogP contribution in [0.15, 0.2) is 29.3 Å². The molecule has 1 rings (SSSR count). The monoisotopic (exact) mass is 409 g/mol. The van der Waals surface area contributed by atoms with Crippen LogP contribution in [0.4, 0.5) is 4.39 Å². The minimum absolute atomic E-state index is 0. The van der Waals surface area contributed by atoms with Crippen LogP contribution in [0.2, 0.25) is 0 Å². The average Bonchev–Trinajstić information content (AvgIpc) is 2.42. The lowest BCUT2D eigenvalue weighted by Crippen LogP contribution is -2.41. The molecule has 0 aromatic heterocycles. The van der Waals surface area contributed by atoms with Crippen LogP contribution in [-0.2, 0) is 0 Å². The number of nitrogens with zero attached hydrogens (tertiary/aromatic N) is 1. The Kier molecular flexibility index (Phi) is 11.0. The molecule has 0 saturated heterocycles. The fraction of sp³-hybridized carbons (Fsp3) is 0.533. The smallest absolute Gasteiger partial charge is 0.191 e. The molecule has 2 N–H and O–H groups in total. The van der Waals surface area contributed by atoms with Crippen molar-refractivity contribution in [1.29, 1.82) is 0 Å². The summed E-state index contributed by atoms with van der Waals surface area (Å²) in [6.45, 7) is 5.62. The Labute approximate surface area is 143 Å². The number of benzene rings is 1. The molecular weight excluding hydrogens is 384 g/mol. The van der Waals surface area contributed by atoms with Gasteiger partial charge in [-0.05, 0) is 51.0 Å². The van der Waals surface area contributed by atoms with E-state index in [0.717, 1.165) is 25.3 Å². The molecule has 120 valence electrons. The van der Waals surface area contributed by atoms with Crippen molar-refractivity contribution in [2.24, 2.45) is 4.99 Å². The lowest BCUT2D eigenvalue weighted by molar-refractivity contribution is 0.306. The van der Waals surface area contributed by atoms with E-state index in [1.165, 1.54) is 12.1 Å².